The lowest BCUT2D eigenvalue weighted by atomic mass is 10.1. The predicted octanol–water partition coefficient (Wildman–Crippen LogP) is 2.96. The van der Waals surface area contributed by atoms with Crippen LogP contribution in [0.15, 0.2) is 22.7 Å². The minimum Gasteiger partial charge on any atom is -0.337 e. The van der Waals surface area contributed by atoms with Crippen LogP contribution in [0.1, 0.15) is 50.6 Å². The van der Waals surface area contributed by atoms with Crippen molar-refractivity contribution in [2.45, 2.75) is 51.5 Å². The fourth-order valence-electron chi connectivity index (χ4n) is 5.35. The monoisotopic (exact) mass is 490 g/mol. The maximum Gasteiger partial charge on any atom is 0.291 e. The Morgan fingerprint density at radius 3 is 2.82 bits per heavy atom. The summed E-state index contributed by atoms with van der Waals surface area (Å²) in [5, 5.41) is 9.44. The van der Waals surface area contributed by atoms with Gasteiger partial charge in [-0.05, 0) is 48.9 Å². The molecule has 0 N–H and O–H groups in total. The number of rotatable bonds is 7. The molecule has 2 aliphatic heterocycles. The molecule has 2 aromatic heterocycles. The van der Waals surface area contributed by atoms with E-state index < -0.39 is 10.0 Å². The van der Waals surface area contributed by atoms with Gasteiger partial charge < -0.3 is 9.42 Å². The highest BCUT2D eigenvalue weighted by molar-refractivity contribution is 7.88. The Balaban J connectivity index is 1.27. The summed E-state index contributed by atoms with van der Waals surface area (Å²) >= 11 is 0. The van der Waals surface area contributed by atoms with Crippen molar-refractivity contribution in [2.24, 2.45) is 5.92 Å². The summed E-state index contributed by atoms with van der Waals surface area (Å²) in [4.78, 5) is 6.87. The van der Waals surface area contributed by atoms with Crippen molar-refractivity contribution >= 4 is 20.9 Å². The van der Waals surface area contributed by atoms with Crippen LogP contribution >= 0.6 is 0 Å². The second kappa shape index (κ2) is 9.01. The van der Waals surface area contributed by atoms with Gasteiger partial charge >= 0.3 is 0 Å². The van der Waals surface area contributed by atoms with E-state index in [2.05, 4.69) is 20.1 Å². The number of hydrogen-bond donors (Lipinski definition) is 0. The second-order valence-corrected chi connectivity index (χ2v) is 11.8. The molecule has 0 saturated carbocycles. The molecule has 2 atom stereocenters. The van der Waals surface area contributed by atoms with Gasteiger partial charge in [0.2, 0.25) is 15.9 Å². The van der Waals surface area contributed by atoms with Gasteiger partial charge in [0.05, 0.1) is 11.9 Å². The van der Waals surface area contributed by atoms with Gasteiger partial charge in [0, 0.05) is 37.5 Å². The Hall–Kier alpha value is -2.37. The molecule has 9 nitrogen and oxygen atoms in total. The Morgan fingerprint density at radius 1 is 1.24 bits per heavy atom. The number of hydrogen-bond acceptors (Lipinski definition) is 7. The van der Waals surface area contributed by atoms with E-state index in [1.807, 2.05) is 19.9 Å². The maximum atomic E-state index is 14.7. The first kappa shape index (κ1) is 23.4. The minimum absolute atomic E-state index is 0.0573. The fraction of sp³-hybridized carbons (Fsp3) is 0.609. The number of nitrogens with zero attached hydrogens (tertiary/aromatic N) is 6. The van der Waals surface area contributed by atoms with Gasteiger partial charge in [0.1, 0.15) is 11.3 Å². The zero-order chi connectivity index (χ0) is 24.0. The third-order valence-electron chi connectivity index (χ3n) is 6.93. The van der Waals surface area contributed by atoms with Crippen molar-refractivity contribution < 1.29 is 17.3 Å². The molecule has 1 aromatic carbocycles. The molecule has 0 radical (unpaired) electrons. The molecule has 0 amide bonds. The summed E-state index contributed by atoms with van der Waals surface area (Å²) in [5.74, 6) is 0.844. The number of para-hydroxylation sites is 1. The molecular formula is C23H31FN6O3S. The lowest BCUT2D eigenvalue weighted by molar-refractivity contribution is 0.248. The summed E-state index contributed by atoms with van der Waals surface area (Å²) < 4.78 is 47.3. The normalized spacial score (nSPS) is 22.5. The lowest BCUT2D eigenvalue weighted by Gasteiger charge is -2.26. The van der Waals surface area contributed by atoms with Crippen LogP contribution in [0.5, 0.6) is 0 Å². The van der Waals surface area contributed by atoms with Gasteiger partial charge in [-0.25, -0.2) is 12.8 Å². The van der Waals surface area contributed by atoms with E-state index in [0.717, 1.165) is 50.0 Å². The zero-order valence-corrected chi connectivity index (χ0v) is 20.6. The number of halogens is 1. The van der Waals surface area contributed by atoms with Crippen LogP contribution in [0, 0.1) is 11.7 Å². The van der Waals surface area contributed by atoms with Crippen molar-refractivity contribution in [3.05, 3.63) is 35.6 Å². The van der Waals surface area contributed by atoms with Crippen LogP contribution in [0.3, 0.4) is 0 Å². The molecule has 0 bridgehead atoms. The Kier molecular flexibility index (Phi) is 6.19. The summed E-state index contributed by atoms with van der Waals surface area (Å²) in [6.07, 6.45) is 4.74. The molecule has 3 aromatic rings. The summed E-state index contributed by atoms with van der Waals surface area (Å²) in [5.41, 5.74) is 1.15. The molecule has 0 aliphatic carbocycles. The highest BCUT2D eigenvalue weighted by atomic mass is 32.2. The third kappa shape index (κ3) is 4.48. The third-order valence-corrected chi connectivity index (χ3v) is 8.26. The number of likely N-dealkylation sites (tertiary alicyclic amines) is 1. The van der Waals surface area contributed by atoms with Crippen molar-refractivity contribution in [1.82, 2.24) is 29.1 Å². The minimum atomic E-state index is -3.16. The van der Waals surface area contributed by atoms with E-state index in [0.29, 0.717) is 30.3 Å². The van der Waals surface area contributed by atoms with Crippen LogP contribution in [-0.4, -0.2) is 76.0 Å². The van der Waals surface area contributed by atoms with Gasteiger partial charge in [0.15, 0.2) is 0 Å². The smallest absolute Gasteiger partial charge is 0.291 e. The van der Waals surface area contributed by atoms with Gasteiger partial charge in [0.25, 0.3) is 5.95 Å². The highest BCUT2D eigenvalue weighted by Crippen LogP contribution is 2.29. The second-order valence-electron chi connectivity index (χ2n) is 9.86. The van der Waals surface area contributed by atoms with Crippen molar-refractivity contribution in [2.75, 3.05) is 32.4 Å². The molecule has 184 valence electrons. The topological polar surface area (TPSA) is 97.4 Å². The van der Waals surface area contributed by atoms with E-state index in [1.165, 1.54) is 17.0 Å². The standard InChI is InChI=1S/C23H31FN6O3S/c1-15(2)21-18-7-4-8-19(24)22(18)30(26-21)23-25-20(33-27-23)12-16-9-11-28(13-16)14-17-6-5-10-29(17)34(3,31)32/h4,7-8,15-17H,5-6,9-14H2,1-3H3/t16-,17-/m1/s1. The molecule has 11 heteroatoms. The van der Waals surface area contributed by atoms with Gasteiger partial charge in [-0.2, -0.15) is 19.1 Å². The van der Waals surface area contributed by atoms with Crippen LogP contribution < -0.4 is 0 Å². The van der Waals surface area contributed by atoms with E-state index in [4.69, 9.17) is 4.52 Å². The largest absolute Gasteiger partial charge is 0.337 e. The molecule has 0 unspecified atom stereocenters. The maximum absolute atomic E-state index is 14.7. The first-order valence-electron chi connectivity index (χ1n) is 11.9. The van der Waals surface area contributed by atoms with Gasteiger partial charge in [-0.15, -0.1) is 0 Å². The number of aromatic nitrogens is 4. The van der Waals surface area contributed by atoms with Crippen LogP contribution in [0.25, 0.3) is 16.9 Å². The van der Waals surface area contributed by atoms with E-state index in [9.17, 15) is 12.8 Å². The summed E-state index contributed by atoms with van der Waals surface area (Å²) in [7, 11) is -3.16. The average molecular weight is 491 g/mol. The van der Waals surface area contributed by atoms with Crippen molar-refractivity contribution in [1.29, 1.82) is 0 Å². The molecular weight excluding hydrogens is 459 g/mol. The Labute approximate surface area is 199 Å². The van der Waals surface area contributed by atoms with E-state index in [1.54, 1.807) is 10.4 Å². The van der Waals surface area contributed by atoms with Crippen LogP contribution in [-0.2, 0) is 16.4 Å². The summed E-state index contributed by atoms with van der Waals surface area (Å²) in [6.45, 7) is 7.20. The number of fused-ring (bicyclic) bond motifs is 1. The number of benzene rings is 1. The SMILES string of the molecule is CC(C)c1nn(-c2noc(C[C@H]3CCN(C[C@H]4CCCN4S(C)(=O)=O)C3)n2)c2c(F)cccc12. The Morgan fingerprint density at radius 2 is 2.06 bits per heavy atom. The lowest BCUT2D eigenvalue weighted by Crippen LogP contribution is -2.42. The average Bonchev–Trinajstić information content (AvgIpc) is 3.54. The van der Waals surface area contributed by atoms with E-state index in [-0.39, 0.29) is 23.7 Å². The molecule has 2 aliphatic rings. The molecule has 34 heavy (non-hydrogen) atoms. The summed E-state index contributed by atoms with van der Waals surface area (Å²) in [6, 6.07) is 5.01. The van der Waals surface area contributed by atoms with Crippen LogP contribution in [0.2, 0.25) is 0 Å². The molecule has 2 fully saturated rings. The molecule has 2 saturated heterocycles. The van der Waals surface area contributed by atoms with Crippen molar-refractivity contribution in [3.63, 3.8) is 0 Å². The fourth-order valence-corrected chi connectivity index (χ4v) is 6.53. The van der Waals surface area contributed by atoms with Crippen LogP contribution in [0.4, 0.5) is 4.39 Å². The van der Waals surface area contributed by atoms with Gasteiger partial charge in [-0.1, -0.05) is 26.0 Å². The number of sulfonamides is 1. The zero-order valence-electron chi connectivity index (χ0n) is 19.8. The highest BCUT2D eigenvalue weighted by Gasteiger charge is 2.34. The van der Waals surface area contributed by atoms with E-state index >= 15 is 0 Å². The first-order chi connectivity index (χ1) is 16.2. The molecule has 0 spiro atoms. The predicted molar refractivity (Wildman–Crippen MR) is 126 cm³/mol. The first-order valence-corrected chi connectivity index (χ1v) is 13.7. The molecule has 5 rings (SSSR count). The van der Waals surface area contributed by atoms with Crippen molar-refractivity contribution in [3.8, 4) is 5.95 Å². The quantitative estimate of drug-likeness (QED) is 0.502. The van der Waals surface area contributed by atoms with Gasteiger partial charge in [-0.3, -0.25) is 0 Å². The Bertz CT molecular complexity index is 1290. The molecule has 4 heterocycles.